The number of hydrogen-bond donors (Lipinski definition) is 1. The van der Waals surface area contributed by atoms with Gasteiger partial charge in [-0.3, -0.25) is 4.79 Å². The molecule has 0 unspecified atom stereocenters. The van der Waals surface area contributed by atoms with Crippen LogP contribution in [-0.4, -0.2) is 39.6 Å². The summed E-state index contributed by atoms with van der Waals surface area (Å²) >= 11 is 0. The van der Waals surface area contributed by atoms with Crippen molar-refractivity contribution in [2.75, 3.05) is 18.0 Å². The molecule has 6 heteroatoms. The van der Waals surface area contributed by atoms with Crippen molar-refractivity contribution in [3.8, 4) is 0 Å². The number of carbonyl (C=O) groups is 1. The molecule has 6 nitrogen and oxygen atoms in total. The van der Waals surface area contributed by atoms with E-state index in [9.17, 15) is 4.79 Å². The first-order chi connectivity index (χ1) is 9.52. The van der Waals surface area contributed by atoms with Gasteiger partial charge in [-0.2, -0.15) is 9.61 Å². The molecule has 0 aromatic carbocycles. The zero-order valence-electron chi connectivity index (χ0n) is 12.1. The zero-order chi connectivity index (χ0) is 14.3. The normalized spacial score (nSPS) is 18.8. The van der Waals surface area contributed by atoms with E-state index in [1.165, 1.54) is 0 Å². The third-order valence-corrected chi connectivity index (χ3v) is 3.58. The lowest BCUT2D eigenvalue weighted by Crippen LogP contribution is -2.36. The monoisotopic (exact) mass is 273 g/mol. The fourth-order valence-electron chi connectivity index (χ4n) is 2.79. The lowest BCUT2D eigenvalue weighted by molar-refractivity contribution is -0.119. The van der Waals surface area contributed by atoms with Crippen molar-refractivity contribution in [3.63, 3.8) is 0 Å². The number of nitrogens with one attached hydrogen (secondary N) is 1. The van der Waals surface area contributed by atoms with Gasteiger partial charge in [0.2, 0.25) is 5.91 Å². The summed E-state index contributed by atoms with van der Waals surface area (Å²) in [5.41, 5.74) is 2.82. The fourth-order valence-corrected chi connectivity index (χ4v) is 2.79. The van der Waals surface area contributed by atoms with Gasteiger partial charge in [0.25, 0.3) is 0 Å². The number of fused-ring (bicyclic) bond motifs is 1. The quantitative estimate of drug-likeness (QED) is 0.888. The lowest BCUT2D eigenvalue weighted by atomic mass is 10.2. The summed E-state index contributed by atoms with van der Waals surface area (Å²) in [6, 6.07) is 4.25. The Bertz CT molecular complexity index is 663. The molecule has 1 fully saturated rings. The van der Waals surface area contributed by atoms with E-state index in [4.69, 9.17) is 0 Å². The van der Waals surface area contributed by atoms with Crippen molar-refractivity contribution in [3.05, 3.63) is 23.5 Å². The summed E-state index contributed by atoms with van der Waals surface area (Å²) in [5.74, 6) is 1.08. The van der Waals surface area contributed by atoms with Gasteiger partial charge in [0, 0.05) is 43.9 Å². The SMILES string of the molecule is CC(=O)N[C@@H]1CCN(c2cc(C)nc3cc(C)nn23)C1. The smallest absolute Gasteiger partial charge is 0.217 e. The van der Waals surface area contributed by atoms with Crippen molar-refractivity contribution >= 4 is 17.4 Å². The van der Waals surface area contributed by atoms with Gasteiger partial charge in [-0.25, -0.2) is 4.98 Å². The Hall–Kier alpha value is -2.11. The second-order valence-electron chi connectivity index (χ2n) is 5.44. The van der Waals surface area contributed by atoms with Crippen LogP contribution < -0.4 is 10.2 Å². The summed E-state index contributed by atoms with van der Waals surface area (Å²) in [6.07, 6.45) is 0.961. The number of anilines is 1. The average Bonchev–Trinajstić information content (AvgIpc) is 2.93. The highest BCUT2D eigenvalue weighted by Crippen LogP contribution is 2.22. The number of hydrogen-bond acceptors (Lipinski definition) is 4. The Kier molecular flexibility index (Phi) is 3.08. The Morgan fingerprint density at radius 1 is 1.35 bits per heavy atom. The molecule has 2 aromatic rings. The summed E-state index contributed by atoms with van der Waals surface area (Å²) < 4.78 is 1.89. The highest BCUT2D eigenvalue weighted by atomic mass is 16.1. The highest BCUT2D eigenvalue weighted by molar-refractivity contribution is 5.73. The zero-order valence-corrected chi connectivity index (χ0v) is 12.1. The van der Waals surface area contributed by atoms with Gasteiger partial charge in [-0.1, -0.05) is 0 Å². The lowest BCUT2D eigenvalue weighted by Gasteiger charge is -2.20. The molecular formula is C14H19N5O. The molecule has 3 rings (SSSR count). The van der Waals surface area contributed by atoms with Crippen LogP contribution >= 0.6 is 0 Å². The number of rotatable bonds is 2. The van der Waals surface area contributed by atoms with Crippen LogP contribution in [0.15, 0.2) is 12.1 Å². The van der Waals surface area contributed by atoms with E-state index in [-0.39, 0.29) is 11.9 Å². The molecule has 0 aliphatic carbocycles. The Morgan fingerprint density at radius 2 is 2.15 bits per heavy atom. The molecule has 1 saturated heterocycles. The summed E-state index contributed by atoms with van der Waals surface area (Å²) in [6.45, 7) is 7.26. The summed E-state index contributed by atoms with van der Waals surface area (Å²) in [5, 5.41) is 7.49. The number of carbonyl (C=O) groups excluding carboxylic acids is 1. The maximum atomic E-state index is 11.2. The molecule has 1 amide bonds. The van der Waals surface area contributed by atoms with E-state index in [1.807, 2.05) is 24.4 Å². The molecule has 1 N–H and O–H groups in total. The van der Waals surface area contributed by atoms with Gasteiger partial charge in [-0.05, 0) is 20.3 Å². The molecule has 106 valence electrons. The highest BCUT2D eigenvalue weighted by Gasteiger charge is 2.25. The van der Waals surface area contributed by atoms with Gasteiger partial charge in [-0.15, -0.1) is 0 Å². The maximum absolute atomic E-state index is 11.2. The largest absolute Gasteiger partial charge is 0.354 e. The molecule has 0 spiro atoms. The van der Waals surface area contributed by atoms with Gasteiger partial charge >= 0.3 is 0 Å². The Balaban J connectivity index is 1.92. The van der Waals surface area contributed by atoms with Gasteiger partial charge in [0.05, 0.1) is 5.69 Å². The van der Waals surface area contributed by atoms with E-state index in [0.29, 0.717) is 0 Å². The van der Waals surface area contributed by atoms with E-state index in [0.717, 1.165) is 42.4 Å². The van der Waals surface area contributed by atoms with Crippen molar-refractivity contribution in [1.29, 1.82) is 0 Å². The molecule has 20 heavy (non-hydrogen) atoms. The fraction of sp³-hybridized carbons (Fsp3) is 0.500. The molecule has 0 saturated carbocycles. The van der Waals surface area contributed by atoms with Crippen LogP contribution in [0.3, 0.4) is 0 Å². The van der Waals surface area contributed by atoms with Crippen molar-refractivity contribution in [2.45, 2.75) is 33.2 Å². The second-order valence-corrected chi connectivity index (χ2v) is 5.44. The predicted molar refractivity (Wildman–Crippen MR) is 76.9 cm³/mol. The Labute approximate surface area is 117 Å². The van der Waals surface area contributed by atoms with Gasteiger partial charge in [0.1, 0.15) is 5.82 Å². The van der Waals surface area contributed by atoms with Crippen LogP contribution in [0.4, 0.5) is 5.82 Å². The Morgan fingerprint density at radius 3 is 2.90 bits per heavy atom. The number of nitrogens with zero attached hydrogens (tertiary/aromatic N) is 4. The van der Waals surface area contributed by atoms with Crippen LogP contribution in [0, 0.1) is 13.8 Å². The minimum Gasteiger partial charge on any atom is -0.354 e. The number of aryl methyl sites for hydroxylation is 2. The standard InChI is InChI=1S/C14H19N5O/c1-9-7-14(19-13(15-9)6-10(2)17-19)18-5-4-12(8-18)16-11(3)20/h6-7,12H,4-5,8H2,1-3H3,(H,16,20)/t12-/m1/s1. The molecule has 1 aliphatic heterocycles. The van der Waals surface area contributed by atoms with Gasteiger partial charge in [0.15, 0.2) is 5.65 Å². The van der Waals surface area contributed by atoms with Crippen LogP contribution in [0.1, 0.15) is 24.7 Å². The van der Waals surface area contributed by atoms with E-state index < -0.39 is 0 Å². The van der Waals surface area contributed by atoms with Crippen molar-refractivity contribution in [2.24, 2.45) is 0 Å². The van der Waals surface area contributed by atoms with E-state index >= 15 is 0 Å². The average molecular weight is 273 g/mol. The third-order valence-electron chi connectivity index (χ3n) is 3.58. The second kappa shape index (κ2) is 4.77. The molecule has 0 bridgehead atoms. The topological polar surface area (TPSA) is 62.5 Å². The molecule has 1 atom stereocenters. The summed E-state index contributed by atoms with van der Waals surface area (Å²) in [4.78, 5) is 17.9. The first kappa shape index (κ1) is 12.9. The minimum atomic E-state index is 0.0304. The molecular weight excluding hydrogens is 254 g/mol. The van der Waals surface area contributed by atoms with Crippen molar-refractivity contribution < 1.29 is 4.79 Å². The molecule has 1 aliphatic rings. The van der Waals surface area contributed by atoms with Crippen LogP contribution in [0.5, 0.6) is 0 Å². The van der Waals surface area contributed by atoms with E-state index in [1.54, 1.807) is 6.92 Å². The maximum Gasteiger partial charge on any atom is 0.217 e. The minimum absolute atomic E-state index is 0.0304. The number of aromatic nitrogens is 3. The van der Waals surface area contributed by atoms with Crippen LogP contribution in [0.25, 0.3) is 5.65 Å². The first-order valence-electron chi connectivity index (χ1n) is 6.89. The van der Waals surface area contributed by atoms with Crippen LogP contribution in [-0.2, 0) is 4.79 Å². The number of amides is 1. The summed E-state index contributed by atoms with van der Waals surface area (Å²) in [7, 11) is 0. The molecule has 2 aromatic heterocycles. The first-order valence-corrected chi connectivity index (χ1v) is 6.89. The third kappa shape index (κ3) is 2.33. The van der Waals surface area contributed by atoms with E-state index in [2.05, 4.69) is 26.4 Å². The predicted octanol–water partition coefficient (Wildman–Crippen LogP) is 1.06. The molecule has 3 heterocycles. The van der Waals surface area contributed by atoms with Gasteiger partial charge < -0.3 is 10.2 Å². The van der Waals surface area contributed by atoms with Crippen molar-refractivity contribution in [1.82, 2.24) is 19.9 Å². The van der Waals surface area contributed by atoms with Crippen LogP contribution in [0.2, 0.25) is 0 Å². The molecule has 0 radical (unpaired) electrons.